The molecule has 1 N–H and O–H groups in total. The lowest BCUT2D eigenvalue weighted by molar-refractivity contribution is -0.384. The number of phenolic OH excluding ortho intramolecular Hbond substituents is 1. The highest BCUT2D eigenvalue weighted by Gasteiger charge is 2.60. The Bertz CT molecular complexity index is 1300. The molecule has 5 rings (SSSR count). The number of rotatable bonds is 5. The van der Waals surface area contributed by atoms with Crippen molar-refractivity contribution < 1.29 is 29.2 Å². The zero-order chi connectivity index (χ0) is 24.0. The molecule has 2 heterocycles. The van der Waals surface area contributed by atoms with Crippen molar-refractivity contribution in [3.8, 4) is 11.5 Å². The summed E-state index contributed by atoms with van der Waals surface area (Å²) >= 11 is 0. The number of methoxy groups -OCH3 is 1. The van der Waals surface area contributed by atoms with Crippen LogP contribution in [0.4, 0.5) is 17.1 Å². The molecule has 34 heavy (non-hydrogen) atoms. The molecule has 3 atom stereocenters. The standard InChI is InChI=1S/C24H19N3O7/c1-33-19-12-14(10-11-18(19)28)21-20-22(24(30)25(23(20)29)15-6-3-2-4-7-15)34-26(21)16-8-5-9-17(13-16)27(31)32/h2-13,20-22,28H,1H3. The van der Waals surface area contributed by atoms with Gasteiger partial charge in [-0.2, -0.15) is 0 Å². The summed E-state index contributed by atoms with van der Waals surface area (Å²) in [4.78, 5) is 44.7. The molecule has 3 unspecified atom stereocenters. The predicted octanol–water partition coefficient (Wildman–Crippen LogP) is 3.36. The third-order valence-electron chi connectivity index (χ3n) is 5.97. The molecule has 0 saturated carbocycles. The van der Waals surface area contributed by atoms with Gasteiger partial charge in [-0.05, 0) is 35.9 Å². The van der Waals surface area contributed by atoms with Gasteiger partial charge in [-0.3, -0.25) is 24.5 Å². The first-order valence-electron chi connectivity index (χ1n) is 10.4. The topological polar surface area (TPSA) is 122 Å². The number of nitro groups is 1. The summed E-state index contributed by atoms with van der Waals surface area (Å²) in [6.45, 7) is 0. The molecule has 0 bridgehead atoms. The second kappa shape index (κ2) is 8.16. The van der Waals surface area contributed by atoms with Crippen LogP contribution in [0.1, 0.15) is 11.6 Å². The zero-order valence-corrected chi connectivity index (χ0v) is 17.9. The number of non-ortho nitro benzene ring substituents is 1. The maximum absolute atomic E-state index is 13.6. The van der Waals surface area contributed by atoms with Crippen LogP contribution in [-0.4, -0.2) is 35.1 Å². The Kier molecular flexibility index (Phi) is 5.14. The van der Waals surface area contributed by atoms with E-state index in [4.69, 9.17) is 9.57 Å². The van der Waals surface area contributed by atoms with Crippen LogP contribution in [0.5, 0.6) is 11.5 Å². The Morgan fingerprint density at radius 1 is 0.971 bits per heavy atom. The van der Waals surface area contributed by atoms with Crippen molar-refractivity contribution in [1.82, 2.24) is 0 Å². The average Bonchev–Trinajstić information content (AvgIpc) is 3.36. The second-order valence-electron chi connectivity index (χ2n) is 7.88. The van der Waals surface area contributed by atoms with Gasteiger partial charge in [-0.25, -0.2) is 9.96 Å². The van der Waals surface area contributed by atoms with E-state index in [0.717, 1.165) is 4.90 Å². The van der Waals surface area contributed by atoms with Gasteiger partial charge in [0.1, 0.15) is 5.92 Å². The quantitative estimate of drug-likeness (QED) is 0.349. The van der Waals surface area contributed by atoms with Crippen molar-refractivity contribution in [3.63, 3.8) is 0 Å². The summed E-state index contributed by atoms with van der Waals surface area (Å²) in [5, 5.41) is 22.7. The number of carbonyl (C=O) groups excluding carboxylic acids is 2. The van der Waals surface area contributed by atoms with Crippen LogP contribution in [0, 0.1) is 16.0 Å². The predicted molar refractivity (Wildman–Crippen MR) is 120 cm³/mol. The number of benzene rings is 3. The first-order valence-corrected chi connectivity index (χ1v) is 10.4. The molecule has 2 aliphatic rings. The van der Waals surface area contributed by atoms with Gasteiger partial charge in [0, 0.05) is 12.1 Å². The van der Waals surface area contributed by atoms with Crippen molar-refractivity contribution >= 4 is 28.9 Å². The van der Waals surface area contributed by atoms with Crippen LogP contribution in [0.3, 0.4) is 0 Å². The Balaban J connectivity index is 1.62. The number of imide groups is 1. The number of hydrogen-bond donors (Lipinski definition) is 1. The Morgan fingerprint density at radius 3 is 2.41 bits per heavy atom. The van der Waals surface area contributed by atoms with Crippen LogP contribution in [0.15, 0.2) is 72.8 Å². The molecular formula is C24H19N3O7. The number of phenols is 1. The van der Waals surface area contributed by atoms with Crippen molar-refractivity contribution in [2.45, 2.75) is 12.1 Å². The number of nitrogens with zero attached hydrogens (tertiary/aromatic N) is 3. The van der Waals surface area contributed by atoms with E-state index >= 15 is 0 Å². The summed E-state index contributed by atoms with van der Waals surface area (Å²) in [7, 11) is 1.40. The molecule has 0 aliphatic carbocycles. The molecule has 2 fully saturated rings. The average molecular weight is 461 g/mol. The van der Waals surface area contributed by atoms with Crippen molar-refractivity contribution in [2.75, 3.05) is 17.1 Å². The van der Waals surface area contributed by atoms with E-state index < -0.39 is 34.8 Å². The summed E-state index contributed by atoms with van der Waals surface area (Å²) < 4.78 is 5.23. The maximum atomic E-state index is 13.6. The molecule has 0 aromatic heterocycles. The first kappa shape index (κ1) is 21.4. The van der Waals surface area contributed by atoms with Gasteiger partial charge in [-0.1, -0.05) is 30.3 Å². The number of amides is 2. The third kappa shape index (κ3) is 3.32. The summed E-state index contributed by atoms with van der Waals surface area (Å²) in [6.07, 6.45) is -1.13. The molecule has 2 aliphatic heterocycles. The van der Waals surface area contributed by atoms with Crippen molar-refractivity contribution in [3.05, 3.63) is 88.5 Å². The maximum Gasteiger partial charge on any atom is 0.271 e. The number of anilines is 2. The highest BCUT2D eigenvalue weighted by molar-refractivity contribution is 6.23. The molecule has 2 amide bonds. The van der Waals surface area contributed by atoms with Crippen LogP contribution in [0.2, 0.25) is 0 Å². The molecular weight excluding hydrogens is 442 g/mol. The largest absolute Gasteiger partial charge is 0.504 e. The molecule has 3 aromatic carbocycles. The van der Waals surface area contributed by atoms with E-state index in [9.17, 15) is 24.8 Å². The fourth-order valence-electron chi connectivity index (χ4n) is 4.43. The number of hydroxylamine groups is 1. The van der Waals surface area contributed by atoms with Gasteiger partial charge in [0.05, 0.1) is 29.4 Å². The van der Waals surface area contributed by atoms with E-state index in [0.29, 0.717) is 16.9 Å². The van der Waals surface area contributed by atoms with Crippen LogP contribution in [0.25, 0.3) is 0 Å². The fraction of sp³-hybridized carbons (Fsp3) is 0.167. The SMILES string of the molecule is COc1cc(C2C3C(=O)N(c4ccccc4)C(=O)C3ON2c2cccc([N+](=O)[O-])c2)ccc1O. The van der Waals surface area contributed by atoms with Gasteiger partial charge in [-0.15, -0.1) is 0 Å². The molecule has 10 heteroatoms. The van der Waals surface area contributed by atoms with Gasteiger partial charge in [0.2, 0.25) is 5.91 Å². The van der Waals surface area contributed by atoms with Gasteiger partial charge in [0.15, 0.2) is 17.6 Å². The molecule has 3 aromatic rings. The Morgan fingerprint density at radius 2 is 1.71 bits per heavy atom. The van der Waals surface area contributed by atoms with Crippen molar-refractivity contribution in [2.24, 2.45) is 5.92 Å². The third-order valence-corrected chi connectivity index (χ3v) is 5.97. The second-order valence-corrected chi connectivity index (χ2v) is 7.88. The number of fused-ring (bicyclic) bond motifs is 1. The summed E-state index contributed by atoms with van der Waals surface area (Å²) in [5.41, 5.74) is 1.11. The van der Waals surface area contributed by atoms with E-state index in [-0.39, 0.29) is 17.2 Å². The molecule has 0 radical (unpaired) electrons. The number of ether oxygens (including phenoxy) is 1. The Hall–Kier alpha value is -4.44. The molecule has 0 spiro atoms. The van der Waals surface area contributed by atoms with Gasteiger partial charge in [0.25, 0.3) is 11.6 Å². The van der Waals surface area contributed by atoms with Gasteiger partial charge < -0.3 is 9.84 Å². The van der Waals surface area contributed by atoms with E-state index in [1.807, 2.05) is 0 Å². The van der Waals surface area contributed by atoms with Crippen molar-refractivity contribution in [1.29, 1.82) is 0 Å². The lowest BCUT2D eigenvalue weighted by atomic mass is 9.90. The summed E-state index contributed by atoms with van der Waals surface area (Å²) in [6, 6.07) is 18.1. The normalized spacial score (nSPS) is 21.6. The minimum Gasteiger partial charge on any atom is -0.504 e. The van der Waals surface area contributed by atoms with Gasteiger partial charge >= 0.3 is 0 Å². The highest BCUT2D eigenvalue weighted by atomic mass is 16.7. The summed E-state index contributed by atoms with van der Waals surface area (Å²) in [5.74, 6) is -1.82. The number of para-hydroxylation sites is 1. The molecule has 2 saturated heterocycles. The smallest absolute Gasteiger partial charge is 0.271 e. The molecule has 10 nitrogen and oxygen atoms in total. The van der Waals surface area contributed by atoms with E-state index in [1.165, 1.54) is 36.4 Å². The minimum absolute atomic E-state index is 0.0941. The number of aromatic hydroxyl groups is 1. The monoisotopic (exact) mass is 461 g/mol. The van der Waals surface area contributed by atoms with E-state index in [2.05, 4.69) is 0 Å². The lowest BCUT2D eigenvalue weighted by Crippen LogP contribution is -2.37. The Labute approximate surface area is 193 Å². The first-order chi connectivity index (χ1) is 16.4. The van der Waals surface area contributed by atoms with Crippen LogP contribution in [-0.2, 0) is 14.4 Å². The zero-order valence-electron chi connectivity index (χ0n) is 17.9. The fourth-order valence-corrected chi connectivity index (χ4v) is 4.43. The highest BCUT2D eigenvalue weighted by Crippen LogP contribution is 2.49. The lowest BCUT2D eigenvalue weighted by Gasteiger charge is -2.29. The number of hydrogen-bond acceptors (Lipinski definition) is 8. The molecule has 172 valence electrons. The van der Waals surface area contributed by atoms with Crippen LogP contribution < -0.4 is 14.7 Å². The number of nitro benzene ring substituents is 1. The van der Waals surface area contributed by atoms with Crippen LogP contribution >= 0.6 is 0 Å². The van der Waals surface area contributed by atoms with E-state index in [1.54, 1.807) is 48.5 Å². The number of carbonyl (C=O) groups is 2. The minimum atomic E-state index is -1.13.